The lowest BCUT2D eigenvalue weighted by molar-refractivity contribution is -0.139. The summed E-state index contributed by atoms with van der Waals surface area (Å²) in [6.45, 7) is 1.63. The van der Waals surface area contributed by atoms with Crippen LogP contribution in [0.3, 0.4) is 0 Å². The summed E-state index contributed by atoms with van der Waals surface area (Å²) in [5, 5.41) is 40.4. The van der Waals surface area contributed by atoms with Crippen LogP contribution in [0.2, 0.25) is 0 Å². The third kappa shape index (κ3) is 6.11. The van der Waals surface area contributed by atoms with Crippen molar-refractivity contribution in [2.75, 3.05) is 11.5 Å². The Labute approximate surface area is 146 Å². The molecular weight excluding hydrogens is 356 g/mol. The van der Waals surface area contributed by atoms with E-state index in [0.717, 1.165) is 0 Å². The molecule has 3 unspecified atom stereocenters. The van der Waals surface area contributed by atoms with E-state index in [-0.39, 0.29) is 28.6 Å². The molecule has 0 radical (unpaired) electrons. The number of phenolic OH excluding ortho intramolecular Hbond substituents is 2. The first kappa shape index (κ1) is 20.4. The molecule has 0 aliphatic carbocycles. The van der Waals surface area contributed by atoms with Crippen LogP contribution in [0.1, 0.15) is 18.5 Å². The maximum Gasteiger partial charge on any atom is 0.321 e. The Bertz CT molecular complexity index is 566. The van der Waals surface area contributed by atoms with Gasteiger partial charge in [0.25, 0.3) is 0 Å². The molecule has 0 heterocycles. The number of carboxylic acid groups (broad SMARTS) is 2. The number of aromatic hydroxyl groups is 2. The minimum atomic E-state index is -1.11. The van der Waals surface area contributed by atoms with Gasteiger partial charge in [-0.05, 0) is 19.1 Å². The number of nitrogens with two attached hydrogens (primary N) is 1. The predicted octanol–water partition coefficient (Wildman–Crippen LogP) is 0.995. The summed E-state index contributed by atoms with van der Waals surface area (Å²) in [6.07, 6.45) is 0. The van der Waals surface area contributed by atoms with Crippen molar-refractivity contribution in [2.24, 2.45) is 5.73 Å². The highest BCUT2D eigenvalue weighted by Crippen LogP contribution is 2.33. The average molecular weight is 376 g/mol. The van der Waals surface area contributed by atoms with Crippen LogP contribution in [0, 0.1) is 0 Å². The maximum atomic E-state index is 11.3. The summed E-state index contributed by atoms with van der Waals surface area (Å²) >= 11 is 0. The zero-order chi connectivity index (χ0) is 18.3. The van der Waals surface area contributed by atoms with Crippen LogP contribution in [0.5, 0.6) is 11.5 Å². The highest BCUT2D eigenvalue weighted by atomic mass is 33.1. The highest BCUT2D eigenvalue weighted by Gasteiger charge is 2.24. The average Bonchev–Trinajstić information content (AvgIpc) is 2.49. The Morgan fingerprint density at radius 3 is 2.17 bits per heavy atom. The molecule has 10 heteroatoms. The third-order valence-electron chi connectivity index (χ3n) is 3.13. The fourth-order valence-corrected chi connectivity index (χ4v) is 4.15. The van der Waals surface area contributed by atoms with E-state index in [1.54, 1.807) is 6.92 Å². The number of benzene rings is 1. The number of phenols is 2. The summed E-state index contributed by atoms with van der Waals surface area (Å²) < 4.78 is 0. The van der Waals surface area contributed by atoms with Crippen LogP contribution >= 0.6 is 21.6 Å². The van der Waals surface area contributed by atoms with Crippen molar-refractivity contribution in [1.29, 1.82) is 0 Å². The molecule has 0 fully saturated rings. The second-order valence-electron chi connectivity index (χ2n) is 5.00. The standard InChI is InChI=1S/C14H20N2O6S2/c1-7(12-10(17)3-2-4-11(12)18)16-9(14(21)22)6-24-23-5-8(15)13(19)20/h2-4,7-9,16-18H,5-6,15H2,1H3,(H,19,20)(H,21,22). The van der Waals surface area contributed by atoms with E-state index in [1.807, 2.05) is 0 Å². The van der Waals surface area contributed by atoms with Crippen LogP contribution in [0.15, 0.2) is 18.2 Å². The minimum Gasteiger partial charge on any atom is -0.507 e. The first-order valence-corrected chi connectivity index (χ1v) is 9.45. The normalized spacial score (nSPS) is 14.8. The Morgan fingerprint density at radius 1 is 1.12 bits per heavy atom. The Hall–Kier alpha value is -1.62. The summed E-state index contributed by atoms with van der Waals surface area (Å²) in [5.74, 6) is -2.15. The molecule has 1 aromatic carbocycles. The van der Waals surface area contributed by atoms with Crippen LogP contribution in [-0.4, -0.2) is 56.0 Å². The number of rotatable bonds is 10. The summed E-state index contributed by atoms with van der Waals surface area (Å²) in [7, 11) is 2.36. The van der Waals surface area contributed by atoms with Gasteiger partial charge in [-0.3, -0.25) is 14.9 Å². The fourth-order valence-electron chi connectivity index (χ4n) is 1.87. The zero-order valence-corrected chi connectivity index (χ0v) is 14.5. The lowest BCUT2D eigenvalue weighted by Crippen LogP contribution is -2.40. The molecule has 1 aromatic rings. The monoisotopic (exact) mass is 376 g/mol. The maximum absolute atomic E-state index is 11.3. The molecule has 0 spiro atoms. The minimum absolute atomic E-state index is 0.131. The van der Waals surface area contributed by atoms with Crippen molar-refractivity contribution in [3.05, 3.63) is 23.8 Å². The van der Waals surface area contributed by atoms with E-state index >= 15 is 0 Å². The van der Waals surface area contributed by atoms with Gasteiger partial charge in [-0.2, -0.15) is 0 Å². The van der Waals surface area contributed by atoms with Gasteiger partial charge in [0.15, 0.2) is 0 Å². The molecule has 0 amide bonds. The molecule has 1 rings (SSSR count). The number of hydrogen-bond acceptors (Lipinski definition) is 8. The molecule has 134 valence electrons. The van der Waals surface area contributed by atoms with Gasteiger partial charge >= 0.3 is 11.9 Å². The molecule has 0 saturated carbocycles. The number of hydrogen-bond donors (Lipinski definition) is 6. The van der Waals surface area contributed by atoms with E-state index in [1.165, 1.54) is 39.8 Å². The number of carboxylic acids is 2. The topological polar surface area (TPSA) is 153 Å². The van der Waals surface area contributed by atoms with Gasteiger partial charge in [0.05, 0.1) is 5.56 Å². The van der Waals surface area contributed by atoms with E-state index in [0.29, 0.717) is 0 Å². The van der Waals surface area contributed by atoms with Gasteiger partial charge < -0.3 is 26.2 Å². The van der Waals surface area contributed by atoms with Gasteiger partial charge in [0.2, 0.25) is 0 Å². The van der Waals surface area contributed by atoms with Crippen LogP contribution in [0.4, 0.5) is 0 Å². The zero-order valence-electron chi connectivity index (χ0n) is 12.9. The van der Waals surface area contributed by atoms with Crippen molar-refractivity contribution in [1.82, 2.24) is 5.32 Å². The van der Waals surface area contributed by atoms with E-state index in [2.05, 4.69) is 5.32 Å². The Kier molecular flexibility index (Phi) is 8.19. The smallest absolute Gasteiger partial charge is 0.321 e. The predicted molar refractivity (Wildman–Crippen MR) is 93.3 cm³/mol. The molecule has 8 nitrogen and oxygen atoms in total. The molecule has 24 heavy (non-hydrogen) atoms. The number of carbonyl (C=O) groups is 2. The molecule has 0 bridgehead atoms. The molecular formula is C14H20N2O6S2. The first-order valence-electron chi connectivity index (χ1n) is 6.96. The Morgan fingerprint density at radius 2 is 1.67 bits per heavy atom. The number of aliphatic carboxylic acids is 2. The Balaban J connectivity index is 2.60. The molecule has 0 aliphatic rings. The van der Waals surface area contributed by atoms with Gasteiger partial charge in [-0.1, -0.05) is 27.7 Å². The molecule has 0 saturated heterocycles. The molecule has 7 N–H and O–H groups in total. The van der Waals surface area contributed by atoms with Crippen molar-refractivity contribution in [3.63, 3.8) is 0 Å². The summed E-state index contributed by atoms with van der Waals surface area (Å²) in [4.78, 5) is 21.9. The van der Waals surface area contributed by atoms with Crippen molar-refractivity contribution in [2.45, 2.75) is 25.0 Å². The second-order valence-corrected chi connectivity index (χ2v) is 7.56. The van der Waals surface area contributed by atoms with E-state index in [9.17, 15) is 24.9 Å². The molecule has 3 atom stereocenters. The molecule has 0 aliphatic heterocycles. The number of nitrogens with one attached hydrogen (secondary N) is 1. The summed E-state index contributed by atoms with van der Waals surface area (Å²) in [5.41, 5.74) is 5.58. The van der Waals surface area contributed by atoms with Crippen molar-refractivity contribution >= 4 is 33.5 Å². The molecule has 0 aromatic heterocycles. The fraction of sp³-hybridized carbons (Fsp3) is 0.429. The second kappa shape index (κ2) is 9.62. The summed E-state index contributed by atoms with van der Waals surface area (Å²) in [6, 6.07) is 1.74. The van der Waals surface area contributed by atoms with Crippen molar-refractivity contribution in [3.8, 4) is 11.5 Å². The largest absolute Gasteiger partial charge is 0.507 e. The lowest BCUT2D eigenvalue weighted by atomic mass is 10.1. The third-order valence-corrected chi connectivity index (χ3v) is 5.57. The van der Waals surface area contributed by atoms with Gasteiger partial charge in [0, 0.05) is 17.5 Å². The van der Waals surface area contributed by atoms with E-state index < -0.39 is 30.1 Å². The van der Waals surface area contributed by atoms with Gasteiger partial charge in [-0.25, -0.2) is 0 Å². The van der Waals surface area contributed by atoms with Crippen molar-refractivity contribution < 1.29 is 30.0 Å². The highest BCUT2D eigenvalue weighted by molar-refractivity contribution is 8.76. The van der Waals surface area contributed by atoms with Crippen LogP contribution in [-0.2, 0) is 9.59 Å². The quantitative estimate of drug-likeness (QED) is 0.257. The van der Waals surface area contributed by atoms with Gasteiger partial charge in [0.1, 0.15) is 23.6 Å². The first-order chi connectivity index (χ1) is 11.2. The van der Waals surface area contributed by atoms with Crippen LogP contribution in [0.25, 0.3) is 0 Å². The van der Waals surface area contributed by atoms with E-state index in [4.69, 9.17) is 10.8 Å². The SMILES string of the molecule is CC(NC(CSSCC(N)C(=O)O)C(=O)O)c1c(O)cccc1O. The van der Waals surface area contributed by atoms with Crippen LogP contribution < -0.4 is 11.1 Å². The lowest BCUT2D eigenvalue weighted by Gasteiger charge is -2.21. The van der Waals surface area contributed by atoms with Gasteiger partial charge in [-0.15, -0.1) is 0 Å².